The van der Waals surface area contributed by atoms with Gasteiger partial charge in [-0.05, 0) is 24.6 Å². The largest absolute Gasteiger partial charge is 0.337 e. The van der Waals surface area contributed by atoms with Gasteiger partial charge in [-0.1, -0.05) is 12.1 Å². The highest BCUT2D eigenvalue weighted by Crippen LogP contribution is 2.21. The van der Waals surface area contributed by atoms with Crippen LogP contribution in [-0.4, -0.2) is 20.1 Å². The molecule has 0 amide bonds. The van der Waals surface area contributed by atoms with E-state index in [9.17, 15) is 0 Å². The Morgan fingerprint density at radius 2 is 2.00 bits per heavy atom. The molecule has 0 saturated carbocycles. The summed E-state index contributed by atoms with van der Waals surface area (Å²) in [7, 11) is 0. The standard InChI is InChI=1S/C13H13N5O/c1-2-9(14)13-17-12(18-19-13)8-3-4-10-11(7-8)16-6-5-15-10/h3-7,9H,2,14H2,1H3/t9-/m1/s1. The molecule has 19 heavy (non-hydrogen) atoms. The van der Waals surface area contributed by atoms with Crippen LogP contribution < -0.4 is 5.73 Å². The first-order valence-corrected chi connectivity index (χ1v) is 6.08. The molecule has 0 saturated heterocycles. The van der Waals surface area contributed by atoms with E-state index >= 15 is 0 Å². The third kappa shape index (κ3) is 2.17. The summed E-state index contributed by atoms with van der Waals surface area (Å²) in [6.45, 7) is 1.97. The quantitative estimate of drug-likeness (QED) is 0.770. The summed E-state index contributed by atoms with van der Waals surface area (Å²) >= 11 is 0. The molecule has 3 rings (SSSR count). The van der Waals surface area contributed by atoms with Gasteiger partial charge in [0.1, 0.15) is 0 Å². The lowest BCUT2D eigenvalue weighted by atomic mass is 10.2. The summed E-state index contributed by atoms with van der Waals surface area (Å²) in [6.07, 6.45) is 4.07. The molecule has 6 heteroatoms. The van der Waals surface area contributed by atoms with Crippen LogP contribution in [0.3, 0.4) is 0 Å². The third-order valence-corrected chi connectivity index (χ3v) is 2.93. The minimum absolute atomic E-state index is 0.221. The second-order valence-electron chi connectivity index (χ2n) is 4.23. The lowest BCUT2D eigenvalue weighted by molar-refractivity contribution is 0.352. The normalized spacial score (nSPS) is 12.7. The first-order chi connectivity index (χ1) is 9.28. The Bertz CT molecular complexity index is 709. The molecule has 2 aromatic heterocycles. The molecular formula is C13H13N5O. The van der Waals surface area contributed by atoms with Crippen molar-refractivity contribution in [1.29, 1.82) is 0 Å². The molecule has 3 aromatic rings. The summed E-state index contributed by atoms with van der Waals surface area (Å²) in [6, 6.07) is 5.44. The summed E-state index contributed by atoms with van der Waals surface area (Å²) in [5.41, 5.74) is 8.33. The number of benzene rings is 1. The zero-order chi connectivity index (χ0) is 13.2. The van der Waals surface area contributed by atoms with Crippen LogP contribution in [-0.2, 0) is 0 Å². The van der Waals surface area contributed by atoms with Gasteiger partial charge in [-0.3, -0.25) is 9.97 Å². The Hall–Kier alpha value is -2.34. The minimum atomic E-state index is -0.221. The summed E-state index contributed by atoms with van der Waals surface area (Å²) in [5.74, 6) is 0.975. The zero-order valence-electron chi connectivity index (χ0n) is 10.4. The third-order valence-electron chi connectivity index (χ3n) is 2.93. The van der Waals surface area contributed by atoms with E-state index in [4.69, 9.17) is 10.3 Å². The van der Waals surface area contributed by atoms with E-state index in [1.54, 1.807) is 12.4 Å². The minimum Gasteiger partial charge on any atom is -0.337 e. The SMILES string of the molecule is CC[C@@H](N)c1nc(-c2ccc3nccnc3c2)no1. The fourth-order valence-electron chi connectivity index (χ4n) is 1.78. The summed E-state index contributed by atoms with van der Waals surface area (Å²) in [5, 5.41) is 3.95. The number of nitrogens with zero attached hydrogens (tertiary/aromatic N) is 4. The maximum Gasteiger partial charge on any atom is 0.243 e. The smallest absolute Gasteiger partial charge is 0.243 e. The maximum atomic E-state index is 5.86. The van der Waals surface area contributed by atoms with Gasteiger partial charge < -0.3 is 10.3 Å². The van der Waals surface area contributed by atoms with Crippen molar-refractivity contribution < 1.29 is 4.52 Å². The van der Waals surface area contributed by atoms with Crippen LogP contribution in [0.4, 0.5) is 0 Å². The lowest BCUT2D eigenvalue weighted by Crippen LogP contribution is -2.08. The average molecular weight is 255 g/mol. The van der Waals surface area contributed by atoms with E-state index in [0.717, 1.165) is 23.0 Å². The fourth-order valence-corrected chi connectivity index (χ4v) is 1.78. The maximum absolute atomic E-state index is 5.86. The average Bonchev–Trinajstić information content (AvgIpc) is 2.95. The van der Waals surface area contributed by atoms with Gasteiger partial charge in [0.15, 0.2) is 0 Å². The number of rotatable bonds is 3. The van der Waals surface area contributed by atoms with Crippen LogP contribution in [0.25, 0.3) is 22.4 Å². The molecule has 0 aliphatic heterocycles. The molecule has 1 atom stereocenters. The van der Waals surface area contributed by atoms with Gasteiger partial charge in [-0.15, -0.1) is 0 Å². The van der Waals surface area contributed by atoms with Crippen molar-refractivity contribution in [2.75, 3.05) is 0 Å². The topological polar surface area (TPSA) is 90.7 Å². The highest BCUT2D eigenvalue weighted by Gasteiger charge is 2.14. The summed E-state index contributed by atoms with van der Waals surface area (Å²) < 4.78 is 5.16. The molecule has 2 N–H and O–H groups in total. The van der Waals surface area contributed by atoms with Crippen LogP contribution in [0.5, 0.6) is 0 Å². The Labute approximate surface area is 109 Å². The molecule has 0 aliphatic rings. The van der Waals surface area contributed by atoms with Gasteiger partial charge in [0, 0.05) is 18.0 Å². The van der Waals surface area contributed by atoms with Gasteiger partial charge >= 0.3 is 0 Å². The van der Waals surface area contributed by atoms with E-state index < -0.39 is 0 Å². The molecule has 0 aliphatic carbocycles. The molecule has 0 bridgehead atoms. The molecule has 0 unspecified atom stereocenters. The van der Waals surface area contributed by atoms with Crippen molar-refractivity contribution >= 4 is 11.0 Å². The molecule has 2 heterocycles. The molecule has 6 nitrogen and oxygen atoms in total. The van der Waals surface area contributed by atoms with Crippen LogP contribution >= 0.6 is 0 Å². The lowest BCUT2D eigenvalue weighted by Gasteiger charge is -1.99. The number of fused-ring (bicyclic) bond motifs is 1. The van der Waals surface area contributed by atoms with Gasteiger partial charge in [0.05, 0.1) is 17.1 Å². The molecular weight excluding hydrogens is 242 g/mol. The fraction of sp³-hybridized carbons (Fsp3) is 0.231. The predicted octanol–water partition coefficient (Wildman–Crippen LogP) is 2.09. The number of aromatic nitrogens is 4. The monoisotopic (exact) mass is 255 g/mol. The van der Waals surface area contributed by atoms with Crippen molar-refractivity contribution in [3.63, 3.8) is 0 Å². The molecule has 1 aromatic carbocycles. The highest BCUT2D eigenvalue weighted by molar-refractivity contribution is 5.79. The number of nitrogens with two attached hydrogens (primary N) is 1. The van der Waals surface area contributed by atoms with Gasteiger partial charge in [0.2, 0.25) is 11.7 Å². The second-order valence-corrected chi connectivity index (χ2v) is 4.23. The highest BCUT2D eigenvalue weighted by atomic mass is 16.5. The van der Waals surface area contributed by atoms with Crippen LogP contribution in [0.2, 0.25) is 0 Å². The van der Waals surface area contributed by atoms with Crippen molar-refractivity contribution in [3.05, 3.63) is 36.5 Å². The van der Waals surface area contributed by atoms with Crippen LogP contribution in [0, 0.1) is 0 Å². The Kier molecular flexibility index (Phi) is 2.92. The van der Waals surface area contributed by atoms with Crippen molar-refractivity contribution in [2.45, 2.75) is 19.4 Å². The van der Waals surface area contributed by atoms with Crippen molar-refractivity contribution in [2.24, 2.45) is 5.73 Å². The van der Waals surface area contributed by atoms with Crippen LogP contribution in [0.1, 0.15) is 25.3 Å². The van der Waals surface area contributed by atoms with Crippen molar-refractivity contribution in [1.82, 2.24) is 20.1 Å². The van der Waals surface area contributed by atoms with E-state index in [1.807, 2.05) is 25.1 Å². The Balaban J connectivity index is 2.01. The Morgan fingerprint density at radius 1 is 1.21 bits per heavy atom. The summed E-state index contributed by atoms with van der Waals surface area (Å²) in [4.78, 5) is 12.8. The van der Waals surface area contributed by atoms with Gasteiger partial charge in [0.25, 0.3) is 0 Å². The van der Waals surface area contributed by atoms with Gasteiger partial charge in [-0.2, -0.15) is 4.98 Å². The molecule has 0 radical (unpaired) electrons. The Morgan fingerprint density at radius 3 is 2.79 bits per heavy atom. The molecule has 0 spiro atoms. The first-order valence-electron chi connectivity index (χ1n) is 6.08. The predicted molar refractivity (Wildman–Crippen MR) is 70.0 cm³/mol. The van der Waals surface area contributed by atoms with Crippen molar-refractivity contribution in [3.8, 4) is 11.4 Å². The first kappa shape index (κ1) is 11.7. The second kappa shape index (κ2) is 4.74. The van der Waals surface area contributed by atoms with Crippen LogP contribution in [0.15, 0.2) is 35.1 Å². The number of hydrogen-bond acceptors (Lipinski definition) is 6. The number of hydrogen-bond donors (Lipinski definition) is 1. The zero-order valence-corrected chi connectivity index (χ0v) is 10.4. The molecule has 0 fully saturated rings. The molecule has 96 valence electrons. The van der Waals surface area contributed by atoms with E-state index in [0.29, 0.717) is 11.7 Å². The van der Waals surface area contributed by atoms with Gasteiger partial charge in [-0.25, -0.2) is 0 Å². The van der Waals surface area contributed by atoms with E-state index in [1.165, 1.54) is 0 Å². The van der Waals surface area contributed by atoms with E-state index in [-0.39, 0.29) is 6.04 Å². The van der Waals surface area contributed by atoms with E-state index in [2.05, 4.69) is 20.1 Å².